The number of amides is 1. The maximum Gasteiger partial charge on any atom is 0.394 e. The fourth-order valence-corrected chi connectivity index (χ4v) is 4.07. The lowest BCUT2D eigenvalue weighted by molar-refractivity contribution is -0.336. The summed E-state index contributed by atoms with van der Waals surface area (Å²) >= 11 is 0. The van der Waals surface area contributed by atoms with Gasteiger partial charge in [-0.15, -0.1) is 0 Å². The van der Waals surface area contributed by atoms with Crippen molar-refractivity contribution in [2.45, 2.75) is 35.9 Å². The fraction of sp³-hybridized carbons (Fsp3) is 0.500. The van der Waals surface area contributed by atoms with Crippen LogP contribution in [0.3, 0.4) is 0 Å². The van der Waals surface area contributed by atoms with Crippen molar-refractivity contribution in [3.63, 3.8) is 0 Å². The molecule has 8 heteroatoms. The molecule has 0 spiro atoms. The van der Waals surface area contributed by atoms with E-state index in [4.69, 9.17) is 0 Å². The van der Waals surface area contributed by atoms with Crippen molar-refractivity contribution in [3.05, 3.63) is 29.8 Å². The molecule has 0 saturated heterocycles. The van der Waals surface area contributed by atoms with Crippen molar-refractivity contribution in [3.8, 4) is 0 Å². The zero-order chi connectivity index (χ0) is 16.4. The molecule has 120 valence electrons. The highest BCUT2D eigenvalue weighted by Gasteiger charge is 2.78. The van der Waals surface area contributed by atoms with Crippen LogP contribution in [0.1, 0.15) is 29.6 Å². The number of carbonyl (C=O) groups is 1. The second-order valence-electron chi connectivity index (χ2n) is 6.34. The van der Waals surface area contributed by atoms with Gasteiger partial charge in [0.05, 0.1) is 10.3 Å². The van der Waals surface area contributed by atoms with Gasteiger partial charge in [-0.1, -0.05) is 6.07 Å². The molecule has 3 saturated carbocycles. The zero-order valence-electron chi connectivity index (χ0n) is 11.7. The highest BCUT2D eigenvalue weighted by Crippen LogP contribution is 2.73. The molecule has 3 fully saturated rings. The summed E-state index contributed by atoms with van der Waals surface area (Å²) in [6.45, 7) is 0. The summed E-state index contributed by atoms with van der Waals surface area (Å²) in [6, 6.07) is 5.47. The summed E-state index contributed by atoms with van der Waals surface area (Å²) in [6.07, 6.45) is -3.49. The van der Waals surface area contributed by atoms with Gasteiger partial charge in [-0.2, -0.15) is 13.2 Å². The maximum absolute atomic E-state index is 12.8. The molecule has 2 bridgehead atoms. The van der Waals surface area contributed by atoms with E-state index in [-0.39, 0.29) is 29.7 Å². The van der Waals surface area contributed by atoms with Crippen molar-refractivity contribution in [2.75, 3.05) is 6.26 Å². The van der Waals surface area contributed by atoms with Crippen LogP contribution in [0.25, 0.3) is 0 Å². The average molecular weight is 333 g/mol. The van der Waals surface area contributed by atoms with Gasteiger partial charge in [-0.25, -0.2) is 8.42 Å². The van der Waals surface area contributed by atoms with Crippen LogP contribution in [-0.4, -0.2) is 32.3 Å². The van der Waals surface area contributed by atoms with Crippen LogP contribution in [0.15, 0.2) is 29.2 Å². The van der Waals surface area contributed by atoms with E-state index in [1.807, 2.05) is 0 Å². The van der Waals surface area contributed by atoms with E-state index in [0.29, 0.717) is 0 Å². The van der Waals surface area contributed by atoms with Gasteiger partial charge < -0.3 is 5.32 Å². The molecule has 0 aromatic heterocycles. The Kier molecular flexibility index (Phi) is 2.96. The van der Waals surface area contributed by atoms with Gasteiger partial charge in [-0.3, -0.25) is 4.79 Å². The van der Waals surface area contributed by atoms with Crippen molar-refractivity contribution >= 4 is 15.7 Å². The number of nitrogens with one attached hydrogen (secondary N) is 1. The number of hydrogen-bond acceptors (Lipinski definition) is 3. The van der Waals surface area contributed by atoms with Crippen LogP contribution >= 0.6 is 0 Å². The normalized spacial score (nSPS) is 30.2. The Morgan fingerprint density at radius 1 is 1.23 bits per heavy atom. The molecule has 1 N–H and O–H groups in total. The molecule has 1 amide bonds. The van der Waals surface area contributed by atoms with E-state index in [1.165, 1.54) is 24.3 Å². The van der Waals surface area contributed by atoms with E-state index in [1.54, 1.807) is 0 Å². The van der Waals surface area contributed by atoms with E-state index < -0.39 is 32.9 Å². The second-order valence-corrected chi connectivity index (χ2v) is 8.36. The van der Waals surface area contributed by atoms with Gasteiger partial charge in [0.1, 0.15) is 0 Å². The summed E-state index contributed by atoms with van der Waals surface area (Å²) in [7, 11) is -3.44. The lowest BCUT2D eigenvalue weighted by Crippen LogP contribution is -2.78. The largest absolute Gasteiger partial charge is 0.394 e. The minimum absolute atomic E-state index is 0.00417. The van der Waals surface area contributed by atoms with Gasteiger partial charge in [0.2, 0.25) is 0 Å². The third-order valence-corrected chi connectivity index (χ3v) is 5.64. The topological polar surface area (TPSA) is 63.2 Å². The van der Waals surface area contributed by atoms with E-state index >= 15 is 0 Å². The van der Waals surface area contributed by atoms with Crippen molar-refractivity contribution in [1.82, 2.24) is 5.32 Å². The molecule has 4 rings (SSSR count). The molecule has 1 aromatic rings. The van der Waals surface area contributed by atoms with Crippen LogP contribution in [-0.2, 0) is 9.84 Å². The first-order valence-electron chi connectivity index (χ1n) is 6.66. The number of rotatable bonds is 3. The first-order valence-corrected chi connectivity index (χ1v) is 8.55. The van der Waals surface area contributed by atoms with Crippen molar-refractivity contribution < 1.29 is 26.4 Å². The van der Waals surface area contributed by atoms with Crippen LogP contribution in [0, 0.1) is 5.41 Å². The zero-order valence-corrected chi connectivity index (χ0v) is 12.5. The molecule has 22 heavy (non-hydrogen) atoms. The third kappa shape index (κ3) is 2.20. The molecule has 4 nitrogen and oxygen atoms in total. The quantitative estimate of drug-likeness (QED) is 0.923. The maximum atomic E-state index is 12.8. The summed E-state index contributed by atoms with van der Waals surface area (Å²) < 4.78 is 61.2. The SMILES string of the molecule is CS(=O)(=O)c1cccc(C(=O)NC23CC(C(F)(F)F)(C2)C3)c1. The highest BCUT2D eigenvalue weighted by molar-refractivity contribution is 7.90. The lowest BCUT2D eigenvalue weighted by atomic mass is 9.39. The molecule has 0 atom stereocenters. The van der Waals surface area contributed by atoms with Crippen molar-refractivity contribution in [2.24, 2.45) is 5.41 Å². The Labute approximate surface area is 125 Å². The molecule has 0 aliphatic heterocycles. The molecule has 0 unspecified atom stereocenters. The van der Waals surface area contributed by atoms with Crippen LogP contribution in [0.2, 0.25) is 0 Å². The molecule has 1 aromatic carbocycles. The monoisotopic (exact) mass is 333 g/mol. The predicted molar refractivity (Wildman–Crippen MR) is 72.1 cm³/mol. The second kappa shape index (κ2) is 4.24. The van der Waals surface area contributed by atoms with E-state index in [0.717, 1.165) is 6.26 Å². The summed E-state index contributed by atoms with van der Waals surface area (Å²) in [4.78, 5) is 12.1. The number of halogens is 3. The Morgan fingerprint density at radius 3 is 2.32 bits per heavy atom. The molecule has 3 aliphatic rings. The van der Waals surface area contributed by atoms with Gasteiger partial charge in [-0.05, 0) is 37.5 Å². The summed E-state index contributed by atoms with van der Waals surface area (Å²) in [5.74, 6) is -0.541. The standard InChI is InChI=1S/C14H14F3NO3S/c1-22(20,21)10-4-2-3-9(5-10)11(19)18-13-6-12(7-13,8-13)14(15,16)17/h2-5H,6-8H2,1H3,(H,18,19). The highest BCUT2D eigenvalue weighted by atomic mass is 32.2. The van der Waals surface area contributed by atoms with Crippen LogP contribution < -0.4 is 5.32 Å². The summed E-state index contributed by atoms with van der Waals surface area (Å²) in [5.41, 5.74) is -2.28. The van der Waals surface area contributed by atoms with Crippen molar-refractivity contribution in [1.29, 1.82) is 0 Å². The molecular formula is C14H14F3NO3S. The number of alkyl halides is 3. The van der Waals surface area contributed by atoms with Gasteiger partial charge in [0.25, 0.3) is 5.91 Å². The fourth-order valence-electron chi connectivity index (χ4n) is 3.40. The third-order valence-electron chi connectivity index (χ3n) is 4.53. The predicted octanol–water partition coefficient (Wildman–Crippen LogP) is 2.30. The Morgan fingerprint density at radius 2 is 1.82 bits per heavy atom. The van der Waals surface area contributed by atoms with Gasteiger partial charge in [0, 0.05) is 17.4 Å². The van der Waals surface area contributed by atoms with E-state index in [9.17, 15) is 26.4 Å². The summed E-state index contributed by atoms with van der Waals surface area (Å²) in [5, 5.41) is 2.62. The lowest BCUT2D eigenvalue weighted by Gasteiger charge is -2.70. The molecule has 0 heterocycles. The van der Waals surface area contributed by atoms with Gasteiger partial charge in [0.15, 0.2) is 9.84 Å². The van der Waals surface area contributed by atoms with Crippen LogP contribution in [0.5, 0.6) is 0 Å². The molecule has 0 radical (unpaired) electrons. The average Bonchev–Trinajstić information content (AvgIpc) is 2.29. The van der Waals surface area contributed by atoms with Gasteiger partial charge >= 0.3 is 6.18 Å². The number of hydrogen-bond donors (Lipinski definition) is 1. The minimum Gasteiger partial charge on any atom is -0.347 e. The number of carbonyl (C=O) groups excluding carboxylic acids is 1. The Balaban J connectivity index is 1.71. The number of benzene rings is 1. The Hall–Kier alpha value is -1.57. The Bertz CT molecular complexity index is 735. The first-order chi connectivity index (χ1) is 9.97. The van der Waals surface area contributed by atoms with E-state index in [2.05, 4.69) is 5.32 Å². The minimum atomic E-state index is -4.23. The smallest absolute Gasteiger partial charge is 0.347 e. The first kappa shape index (κ1) is 15.3. The molecule has 3 aliphatic carbocycles. The van der Waals surface area contributed by atoms with Crippen LogP contribution in [0.4, 0.5) is 13.2 Å². The number of sulfone groups is 1. The molecular weight excluding hydrogens is 319 g/mol.